The van der Waals surface area contributed by atoms with E-state index in [9.17, 15) is 0 Å². The Morgan fingerprint density at radius 3 is 2.68 bits per heavy atom. The van der Waals surface area contributed by atoms with Gasteiger partial charge < -0.3 is 20.1 Å². The summed E-state index contributed by atoms with van der Waals surface area (Å²) in [6, 6.07) is 5.87. The first kappa shape index (κ1) is 22.2. The molecule has 1 atom stereocenters. The van der Waals surface area contributed by atoms with E-state index in [4.69, 9.17) is 14.5 Å². The second-order valence-corrected chi connectivity index (χ2v) is 7.79. The van der Waals surface area contributed by atoms with E-state index >= 15 is 0 Å². The summed E-state index contributed by atoms with van der Waals surface area (Å²) in [5.41, 5.74) is 1.01. The van der Waals surface area contributed by atoms with E-state index in [1.54, 1.807) is 14.2 Å². The zero-order chi connectivity index (χ0) is 17.4. The molecule has 1 fully saturated rings. The van der Waals surface area contributed by atoms with E-state index in [0.717, 1.165) is 36.1 Å². The van der Waals surface area contributed by atoms with Crippen LogP contribution < -0.4 is 20.1 Å². The Labute approximate surface area is 172 Å². The minimum Gasteiger partial charge on any atom is -0.493 e. The second-order valence-electron chi connectivity index (χ2n) is 6.10. The number of hydrogen-bond acceptors (Lipinski definition) is 4. The molecular formula is C18H30IN3O2S. The van der Waals surface area contributed by atoms with Gasteiger partial charge in [-0.3, -0.25) is 0 Å². The molecule has 25 heavy (non-hydrogen) atoms. The van der Waals surface area contributed by atoms with Crippen LogP contribution in [0, 0.1) is 0 Å². The van der Waals surface area contributed by atoms with Crippen LogP contribution in [0.2, 0.25) is 0 Å². The highest BCUT2D eigenvalue weighted by molar-refractivity contribution is 14.0. The third kappa shape index (κ3) is 6.44. The molecule has 1 unspecified atom stereocenters. The number of para-hydroxylation sites is 1. The summed E-state index contributed by atoms with van der Waals surface area (Å²) in [6.07, 6.45) is 2.56. The predicted octanol–water partition coefficient (Wildman–Crippen LogP) is 3.66. The van der Waals surface area contributed by atoms with Gasteiger partial charge in [-0.1, -0.05) is 12.1 Å². The van der Waals surface area contributed by atoms with Crippen molar-refractivity contribution >= 4 is 41.7 Å². The van der Waals surface area contributed by atoms with Crippen molar-refractivity contribution in [3.05, 3.63) is 23.8 Å². The summed E-state index contributed by atoms with van der Waals surface area (Å²) in [4.78, 5) is 4.71. The third-order valence-corrected chi connectivity index (χ3v) is 5.70. The number of thioether (sulfide) groups is 1. The summed E-state index contributed by atoms with van der Waals surface area (Å²) < 4.78 is 11.1. The molecule has 1 aliphatic heterocycles. The van der Waals surface area contributed by atoms with E-state index in [1.165, 1.54) is 18.6 Å². The molecular weight excluding hydrogens is 449 g/mol. The standard InChI is InChI=1S/C18H29N3O2S.HI/c1-5-19-17(21-13-18(2)10-7-11-24-18)20-12-14-8-6-9-15(22-3)16(14)23-4;/h6,8-9H,5,7,10-13H2,1-4H3,(H2,19,20,21);1H. The van der Waals surface area contributed by atoms with E-state index in [2.05, 4.69) is 24.5 Å². The molecule has 2 rings (SSSR count). The zero-order valence-corrected chi connectivity index (χ0v) is 18.7. The molecule has 0 bridgehead atoms. The summed E-state index contributed by atoms with van der Waals surface area (Å²) in [6.45, 7) is 6.71. The van der Waals surface area contributed by atoms with Crippen molar-refractivity contribution < 1.29 is 9.47 Å². The van der Waals surface area contributed by atoms with Gasteiger partial charge >= 0.3 is 0 Å². The molecule has 0 aromatic heterocycles. The van der Waals surface area contributed by atoms with Crippen molar-refractivity contribution in [1.29, 1.82) is 0 Å². The molecule has 1 heterocycles. The minimum atomic E-state index is 0. The van der Waals surface area contributed by atoms with Gasteiger partial charge in [0.2, 0.25) is 0 Å². The Bertz CT molecular complexity index is 563. The highest BCUT2D eigenvalue weighted by Gasteiger charge is 2.29. The fraction of sp³-hybridized carbons (Fsp3) is 0.611. The number of rotatable bonds is 7. The number of nitrogens with zero attached hydrogens (tertiary/aromatic N) is 1. The molecule has 0 saturated carbocycles. The van der Waals surface area contributed by atoms with Gasteiger partial charge in [-0.15, -0.1) is 24.0 Å². The van der Waals surface area contributed by atoms with Crippen LogP contribution in [0.3, 0.4) is 0 Å². The first-order valence-corrected chi connectivity index (χ1v) is 9.46. The number of ether oxygens (including phenoxy) is 2. The first-order valence-electron chi connectivity index (χ1n) is 8.48. The molecule has 5 nitrogen and oxygen atoms in total. The van der Waals surface area contributed by atoms with Crippen molar-refractivity contribution in [2.45, 2.75) is 38.0 Å². The van der Waals surface area contributed by atoms with Crippen LogP contribution in [0.25, 0.3) is 0 Å². The number of guanidine groups is 1. The fourth-order valence-corrected chi connectivity index (χ4v) is 4.08. The van der Waals surface area contributed by atoms with E-state index < -0.39 is 0 Å². The highest BCUT2D eigenvalue weighted by Crippen LogP contribution is 2.37. The SMILES string of the molecule is CCNC(=NCc1cccc(OC)c1OC)NCC1(C)CCCS1.I. The van der Waals surface area contributed by atoms with E-state index in [-0.39, 0.29) is 24.0 Å². The number of methoxy groups -OCH3 is 2. The summed E-state index contributed by atoms with van der Waals surface area (Å²) in [5, 5.41) is 6.80. The van der Waals surface area contributed by atoms with Crippen LogP contribution >= 0.6 is 35.7 Å². The van der Waals surface area contributed by atoms with Gasteiger partial charge in [-0.05, 0) is 38.5 Å². The predicted molar refractivity (Wildman–Crippen MR) is 118 cm³/mol. The summed E-state index contributed by atoms with van der Waals surface area (Å²) >= 11 is 2.05. The largest absolute Gasteiger partial charge is 0.493 e. The Hall–Kier alpha value is -0.830. The van der Waals surface area contributed by atoms with Crippen LogP contribution in [0.4, 0.5) is 0 Å². The van der Waals surface area contributed by atoms with Crippen LogP contribution in [0.15, 0.2) is 23.2 Å². The van der Waals surface area contributed by atoms with Gasteiger partial charge in [0.15, 0.2) is 17.5 Å². The molecule has 2 N–H and O–H groups in total. The zero-order valence-electron chi connectivity index (χ0n) is 15.6. The normalized spacial score (nSPS) is 19.9. The topological polar surface area (TPSA) is 54.9 Å². The first-order chi connectivity index (χ1) is 11.6. The molecule has 7 heteroatoms. The molecule has 1 aromatic carbocycles. The van der Waals surface area contributed by atoms with Crippen molar-refractivity contribution in [1.82, 2.24) is 10.6 Å². The highest BCUT2D eigenvalue weighted by atomic mass is 127. The van der Waals surface area contributed by atoms with Gasteiger partial charge in [-0.2, -0.15) is 11.8 Å². The molecule has 1 saturated heterocycles. The molecule has 1 aromatic rings. The summed E-state index contributed by atoms with van der Waals surface area (Å²) in [5.74, 6) is 3.58. The number of benzene rings is 1. The number of nitrogens with one attached hydrogen (secondary N) is 2. The second kappa shape index (κ2) is 11.0. The number of aliphatic imine (C=N–C) groups is 1. The van der Waals surface area contributed by atoms with Crippen LogP contribution in [0.1, 0.15) is 32.3 Å². The lowest BCUT2D eigenvalue weighted by molar-refractivity contribution is 0.352. The molecule has 142 valence electrons. The Kier molecular flexibility index (Phi) is 9.78. The van der Waals surface area contributed by atoms with Crippen molar-refractivity contribution in [3.8, 4) is 11.5 Å². The van der Waals surface area contributed by atoms with Crippen LogP contribution in [-0.2, 0) is 6.54 Å². The Morgan fingerprint density at radius 2 is 2.08 bits per heavy atom. The molecule has 0 spiro atoms. The van der Waals surface area contributed by atoms with Crippen LogP contribution in [-0.4, -0.2) is 43.8 Å². The minimum absolute atomic E-state index is 0. The number of hydrogen-bond donors (Lipinski definition) is 2. The average Bonchev–Trinajstić information content (AvgIpc) is 3.03. The maximum atomic E-state index is 5.48. The molecule has 0 radical (unpaired) electrons. The number of halogens is 1. The Balaban J connectivity index is 0.00000312. The lowest BCUT2D eigenvalue weighted by Crippen LogP contribution is -2.43. The van der Waals surface area contributed by atoms with E-state index in [0.29, 0.717) is 11.3 Å². The monoisotopic (exact) mass is 479 g/mol. The molecule has 0 aliphatic carbocycles. The van der Waals surface area contributed by atoms with Crippen LogP contribution in [0.5, 0.6) is 11.5 Å². The smallest absolute Gasteiger partial charge is 0.191 e. The van der Waals surface area contributed by atoms with Gasteiger partial charge in [0.1, 0.15) is 0 Å². The lowest BCUT2D eigenvalue weighted by atomic mass is 10.1. The quantitative estimate of drug-likeness (QED) is 0.355. The summed E-state index contributed by atoms with van der Waals surface area (Å²) in [7, 11) is 3.31. The Morgan fingerprint density at radius 1 is 1.28 bits per heavy atom. The van der Waals surface area contributed by atoms with Crippen molar-refractivity contribution in [2.24, 2.45) is 4.99 Å². The maximum absolute atomic E-state index is 5.48. The lowest BCUT2D eigenvalue weighted by Gasteiger charge is -2.24. The van der Waals surface area contributed by atoms with Gasteiger partial charge in [-0.25, -0.2) is 4.99 Å². The maximum Gasteiger partial charge on any atom is 0.191 e. The van der Waals surface area contributed by atoms with Gasteiger partial charge in [0.25, 0.3) is 0 Å². The van der Waals surface area contributed by atoms with E-state index in [1.807, 2.05) is 30.0 Å². The van der Waals surface area contributed by atoms with Gasteiger partial charge in [0.05, 0.1) is 20.8 Å². The fourth-order valence-electron chi connectivity index (χ4n) is 2.83. The van der Waals surface area contributed by atoms with Crippen molar-refractivity contribution in [3.63, 3.8) is 0 Å². The third-order valence-electron chi connectivity index (χ3n) is 4.17. The molecule has 1 aliphatic rings. The average molecular weight is 479 g/mol. The molecule has 0 amide bonds. The van der Waals surface area contributed by atoms with Crippen molar-refractivity contribution in [2.75, 3.05) is 33.1 Å². The van der Waals surface area contributed by atoms with Gasteiger partial charge in [0, 0.05) is 23.4 Å².